The van der Waals surface area contributed by atoms with Crippen LogP contribution in [-0.4, -0.2) is 19.0 Å². The third-order valence-electron chi connectivity index (χ3n) is 2.97. The Labute approximate surface area is 137 Å². The lowest BCUT2D eigenvalue weighted by Gasteiger charge is -2.01. The highest BCUT2D eigenvalue weighted by atomic mass is 32.1. The van der Waals surface area contributed by atoms with Crippen LogP contribution in [0.2, 0.25) is 0 Å². The van der Waals surface area contributed by atoms with Crippen molar-refractivity contribution in [3.63, 3.8) is 0 Å². The zero-order valence-corrected chi connectivity index (χ0v) is 13.4. The van der Waals surface area contributed by atoms with Crippen molar-refractivity contribution in [3.05, 3.63) is 60.7 Å². The topological polar surface area (TPSA) is 26.3 Å². The van der Waals surface area contributed by atoms with Crippen molar-refractivity contribution in [1.82, 2.24) is 0 Å². The van der Waals surface area contributed by atoms with E-state index in [1.807, 2.05) is 11.3 Å². The lowest BCUT2D eigenvalue weighted by molar-refractivity contribution is -0.142. The first-order valence-corrected chi connectivity index (χ1v) is 7.77. The van der Waals surface area contributed by atoms with E-state index in [2.05, 4.69) is 59.8 Å². The molecule has 3 aromatic rings. The van der Waals surface area contributed by atoms with E-state index in [9.17, 15) is 13.6 Å². The first-order valence-electron chi connectivity index (χ1n) is 6.96. The molecule has 0 saturated carbocycles. The van der Waals surface area contributed by atoms with Crippen LogP contribution in [-0.2, 0) is 9.53 Å². The van der Waals surface area contributed by atoms with Crippen LogP contribution in [0.4, 0.5) is 8.78 Å². The summed E-state index contributed by atoms with van der Waals surface area (Å²) in [7, 11) is 0. The lowest BCUT2D eigenvalue weighted by Crippen LogP contribution is -2.11. The first kappa shape index (κ1) is 17.1. The van der Waals surface area contributed by atoms with Gasteiger partial charge in [0, 0.05) is 25.7 Å². The molecule has 23 heavy (non-hydrogen) atoms. The molecule has 0 unspecified atom stereocenters. The number of alkyl halides is 2. The Morgan fingerprint density at radius 3 is 2.00 bits per heavy atom. The molecule has 1 aromatic heterocycles. The third kappa shape index (κ3) is 4.60. The Bertz CT molecular complexity index is 774. The van der Waals surface area contributed by atoms with Crippen LogP contribution in [0, 0.1) is 0 Å². The van der Waals surface area contributed by atoms with Gasteiger partial charge in [0.2, 0.25) is 0 Å². The maximum atomic E-state index is 11.4. The van der Waals surface area contributed by atoms with Crippen molar-refractivity contribution in [2.24, 2.45) is 0 Å². The van der Waals surface area contributed by atoms with Crippen molar-refractivity contribution in [2.75, 3.05) is 6.61 Å². The van der Waals surface area contributed by atoms with Crippen LogP contribution < -0.4 is 0 Å². The van der Waals surface area contributed by atoms with E-state index in [0.717, 1.165) is 0 Å². The van der Waals surface area contributed by atoms with Crippen LogP contribution in [0.1, 0.15) is 6.92 Å². The molecule has 0 fully saturated rings. The fourth-order valence-electron chi connectivity index (χ4n) is 1.94. The van der Waals surface area contributed by atoms with Gasteiger partial charge in [-0.3, -0.25) is 0 Å². The second kappa shape index (κ2) is 7.83. The summed E-state index contributed by atoms with van der Waals surface area (Å²) in [6.45, 7) is 3.75. The zero-order chi connectivity index (χ0) is 16.8. The van der Waals surface area contributed by atoms with E-state index in [4.69, 9.17) is 0 Å². The minimum Gasteiger partial charge on any atom is -0.456 e. The van der Waals surface area contributed by atoms with Crippen molar-refractivity contribution < 1.29 is 18.3 Å². The number of benzene rings is 2. The Hall–Kier alpha value is -2.27. The fraction of sp³-hybridized carbons (Fsp3) is 0.167. The smallest absolute Gasteiger partial charge is 0.333 e. The Balaban J connectivity index is 0.000000175. The number of thiophene rings is 1. The van der Waals surface area contributed by atoms with Crippen molar-refractivity contribution in [2.45, 2.75) is 13.3 Å². The minimum absolute atomic E-state index is 0.126. The highest BCUT2D eigenvalue weighted by Crippen LogP contribution is 2.32. The fourth-order valence-corrected chi connectivity index (χ4v) is 3.04. The summed E-state index contributed by atoms with van der Waals surface area (Å²) in [4.78, 5) is 10.4. The maximum absolute atomic E-state index is 11.4. The van der Waals surface area contributed by atoms with E-state index >= 15 is 0 Å². The molecule has 0 aliphatic rings. The van der Waals surface area contributed by atoms with Gasteiger partial charge in [-0.05, 0) is 19.1 Å². The summed E-state index contributed by atoms with van der Waals surface area (Å²) in [6.07, 6.45) is -2.61. The predicted molar refractivity (Wildman–Crippen MR) is 91.1 cm³/mol. The molecule has 0 N–H and O–H groups in total. The molecule has 0 spiro atoms. The molecule has 0 amide bonds. The molecule has 2 aromatic carbocycles. The van der Waals surface area contributed by atoms with Gasteiger partial charge >= 0.3 is 5.97 Å². The molecule has 0 atom stereocenters. The molecule has 3 rings (SSSR count). The van der Waals surface area contributed by atoms with Crippen molar-refractivity contribution in [1.29, 1.82) is 0 Å². The van der Waals surface area contributed by atoms with E-state index < -0.39 is 19.0 Å². The molecular weight excluding hydrogens is 318 g/mol. The molecular formula is C18H16F2O2S. The standard InChI is InChI=1S/C12H8S.C6H8F2O2/c1-3-7-11-9(5-1)10-6-2-4-8-12(10)13-11;1-4(2)6(9)10-3-5(7)8/h1-8H;5H,1,3H2,2H3. The number of esters is 1. The summed E-state index contributed by atoms with van der Waals surface area (Å²) < 4.78 is 29.5. The van der Waals surface area contributed by atoms with Crippen molar-refractivity contribution in [3.8, 4) is 0 Å². The highest BCUT2D eigenvalue weighted by Gasteiger charge is 2.07. The van der Waals surface area contributed by atoms with Crippen LogP contribution in [0.5, 0.6) is 0 Å². The average molecular weight is 334 g/mol. The number of carbonyl (C=O) groups excluding carboxylic acids is 1. The molecule has 0 aliphatic carbocycles. The zero-order valence-electron chi connectivity index (χ0n) is 12.6. The summed E-state index contributed by atoms with van der Waals surface area (Å²) >= 11 is 1.86. The average Bonchev–Trinajstić information content (AvgIpc) is 2.91. The van der Waals surface area contributed by atoms with Gasteiger partial charge in [0.15, 0.2) is 6.61 Å². The van der Waals surface area contributed by atoms with E-state index in [0.29, 0.717) is 0 Å². The lowest BCUT2D eigenvalue weighted by atomic mass is 10.2. The van der Waals surface area contributed by atoms with Gasteiger partial charge in [0.1, 0.15) is 0 Å². The van der Waals surface area contributed by atoms with E-state index in [1.165, 1.54) is 27.1 Å². The van der Waals surface area contributed by atoms with Gasteiger partial charge in [0.05, 0.1) is 0 Å². The Kier molecular flexibility index (Phi) is 5.82. The SMILES string of the molecule is C=C(C)C(=O)OCC(F)F.c1ccc2c(c1)sc1ccccc12. The number of ether oxygens (including phenoxy) is 1. The summed E-state index contributed by atoms with van der Waals surface area (Å²) in [6, 6.07) is 17.1. The van der Waals surface area contributed by atoms with Gasteiger partial charge in [0.25, 0.3) is 6.43 Å². The summed E-state index contributed by atoms with van der Waals surface area (Å²) in [5.74, 6) is -0.777. The second-order valence-electron chi connectivity index (χ2n) is 4.86. The number of rotatable bonds is 3. The second-order valence-corrected chi connectivity index (χ2v) is 5.95. The number of halogens is 2. The normalized spacial score (nSPS) is 10.4. The van der Waals surface area contributed by atoms with Gasteiger partial charge in [-0.1, -0.05) is 43.0 Å². The monoisotopic (exact) mass is 334 g/mol. The Morgan fingerprint density at radius 2 is 1.57 bits per heavy atom. The van der Waals surface area contributed by atoms with Crippen LogP contribution in [0.25, 0.3) is 20.2 Å². The number of hydrogen-bond acceptors (Lipinski definition) is 3. The largest absolute Gasteiger partial charge is 0.456 e. The molecule has 120 valence electrons. The van der Waals surface area contributed by atoms with E-state index in [-0.39, 0.29) is 5.57 Å². The molecule has 1 heterocycles. The minimum atomic E-state index is -2.61. The van der Waals surface area contributed by atoms with Gasteiger partial charge in [-0.2, -0.15) is 0 Å². The number of fused-ring (bicyclic) bond motifs is 3. The Morgan fingerprint density at radius 1 is 1.09 bits per heavy atom. The molecule has 5 heteroatoms. The van der Waals surface area contributed by atoms with Crippen LogP contribution in [0.3, 0.4) is 0 Å². The number of hydrogen-bond donors (Lipinski definition) is 0. The predicted octanol–water partition coefficient (Wildman–Crippen LogP) is 5.43. The maximum Gasteiger partial charge on any atom is 0.333 e. The third-order valence-corrected chi connectivity index (χ3v) is 4.12. The molecule has 0 aliphatic heterocycles. The van der Waals surface area contributed by atoms with Crippen molar-refractivity contribution >= 4 is 37.5 Å². The quantitative estimate of drug-likeness (QED) is 0.472. The molecule has 0 radical (unpaired) electrons. The first-order chi connectivity index (χ1) is 11.0. The molecule has 0 bridgehead atoms. The van der Waals surface area contributed by atoms with Crippen LogP contribution in [0.15, 0.2) is 60.7 Å². The molecule has 0 saturated heterocycles. The van der Waals surface area contributed by atoms with Gasteiger partial charge in [-0.25, -0.2) is 13.6 Å². The van der Waals surface area contributed by atoms with Gasteiger partial charge < -0.3 is 4.74 Å². The van der Waals surface area contributed by atoms with Crippen LogP contribution >= 0.6 is 11.3 Å². The summed E-state index contributed by atoms with van der Waals surface area (Å²) in [5.41, 5.74) is 0.126. The highest BCUT2D eigenvalue weighted by molar-refractivity contribution is 7.25. The summed E-state index contributed by atoms with van der Waals surface area (Å²) in [5, 5.41) is 2.76. The molecule has 2 nitrogen and oxygen atoms in total. The van der Waals surface area contributed by atoms with E-state index in [1.54, 1.807) is 0 Å². The van der Waals surface area contributed by atoms with Gasteiger partial charge in [-0.15, -0.1) is 11.3 Å². The number of carbonyl (C=O) groups is 1.